The maximum Gasteiger partial charge on any atom is 0.191 e. The van der Waals surface area contributed by atoms with Crippen LogP contribution in [0.25, 0.3) is 0 Å². The van der Waals surface area contributed by atoms with Crippen LogP contribution in [-0.4, -0.2) is 38.4 Å². The first-order valence-corrected chi connectivity index (χ1v) is 11.0. The summed E-state index contributed by atoms with van der Waals surface area (Å²) in [6.07, 6.45) is 8.71. The van der Waals surface area contributed by atoms with Crippen LogP contribution in [0.3, 0.4) is 0 Å². The molecule has 1 aromatic carbocycles. The van der Waals surface area contributed by atoms with Gasteiger partial charge < -0.3 is 20.1 Å². The first kappa shape index (κ1) is 22.7. The van der Waals surface area contributed by atoms with E-state index in [1.54, 1.807) is 0 Å². The Morgan fingerprint density at radius 1 is 1.21 bits per heavy atom. The lowest BCUT2D eigenvalue weighted by Gasteiger charge is -2.22. The highest BCUT2D eigenvalue weighted by Crippen LogP contribution is 2.14. The van der Waals surface area contributed by atoms with Crippen LogP contribution in [0.1, 0.15) is 69.9 Å². The van der Waals surface area contributed by atoms with Crippen molar-refractivity contribution in [2.24, 2.45) is 4.99 Å². The average Bonchev–Trinajstić information content (AvgIpc) is 2.74. The van der Waals surface area contributed by atoms with E-state index in [1.807, 2.05) is 7.05 Å². The van der Waals surface area contributed by atoms with Gasteiger partial charge in [0.1, 0.15) is 0 Å². The van der Waals surface area contributed by atoms with Gasteiger partial charge in [0.2, 0.25) is 0 Å². The summed E-state index contributed by atoms with van der Waals surface area (Å²) in [6.45, 7) is 7.54. The fourth-order valence-electron chi connectivity index (χ4n) is 3.45. The predicted octanol–water partition coefficient (Wildman–Crippen LogP) is 4.41. The molecule has 0 spiro atoms. The fourth-order valence-corrected chi connectivity index (χ4v) is 3.45. The number of unbranched alkanes of at least 4 members (excludes halogenated alkanes) is 3. The summed E-state index contributed by atoms with van der Waals surface area (Å²) in [7, 11) is 1.83. The molecule has 1 aliphatic heterocycles. The molecule has 1 saturated heterocycles. The van der Waals surface area contributed by atoms with E-state index in [4.69, 9.17) is 9.47 Å². The molecule has 0 aliphatic carbocycles. The summed E-state index contributed by atoms with van der Waals surface area (Å²) in [6, 6.07) is 9.03. The van der Waals surface area contributed by atoms with Crippen LogP contribution in [0.15, 0.2) is 29.3 Å². The molecule has 1 fully saturated rings. The van der Waals surface area contributed by atoms with Gasteiger partial charge >= 0.3 is 0 Å². The average molecular weight is 390 g/mol. The highest BCUT2D eigenvalue weighted by Gasteiger charge is 2.14. The number of nitrogens with one attached hydrogen (secondary N) is 2. The molecule has 1 atom stereocenters. The smallest absolute Gasteiger partial charge is 0.191 e. The van der Waals surface area contributed by atoms with Gasteiger partial charge in [-0.3, -0.25) is 4.99 Å². The van der Waals surface area contributed by atoms with Crippen molar-refractivity contribution in [1.29, 1.82) is 0 Å². The van der Waals surface area contributed by atoms with Crippen molar-refractivity contribution >= 4 is 5.96 Å². The molecule has 1 aliphatic rings. The molecule has 158 valence electrons. The van der Waals surface area contributed by atoms with Gasteiger partial charge in [-0.2, -0.15) is 0 Å². The lowest BCUT2D eigenvalue weighted by atomic mass is 10.1. The molecule has 0 bridgehead atoms. The van der Waals surface area contributed by atoms with Crippen molar-refractivity contribution in [2.75, 3.05) is 20.3 Å². The Hall–Kier alpha value is -1.59. The fraction of sp³-hybridized carbons (Fsp3) is 0.696. The zero-order chi connectivity index (χ0) is 20.0. The molecule has 1 unspecified atom stereocenters. The Balaban J connectivity index is 1.72. The van der Waals surface area contributed by atoms with E-state index < -0.39 is 0 Å². The highest BCUT2D eigenvalue weighted by atomic mass is 16.5. The number of hydrogen-bond acceptors (Lipinski definition) is 3. The summed E-state index contributed by atoms with van der Waals surface area (Å²) in [5.74, 6) is 0.867. The largest absolute Gasteiger partial charge is 0.381 e. The van der Waals surface area contributed by atoms with Crippen molar-refractivity contribution in [2.45, 2.75) is 84.1 Å². The molecule has 0 amide bonds. The molecule has 5 heteroatoms. The summed E-state index contributed by atoms with van der Waals surface area (Å²) >= 11 is 0. The number of benzene rings is 1. The van der Waals surface area contributed by atoms with Crippen LogP contribution in [0.5, 0.6) is 0 Å². The Morgan fingerprint density at radius 2 is 2.00 bits per heavy atom. The van der Waals surface area contributed by atoms with Gasteiger partial charge in [-0.1, -0.05) is 56.9 Å². The van der Waals surface area contributed by atoms with Crippen LogP contribution < -0.4 is 10.6 Å². The van der Waals surface area contributed by atoms with Crippen molar-refractivity contribution in [3.63, 3.8) is 0 Å². The maximum absolute atomic E-state index is 6.04. The van der Waals surface area contributed by atoms with Crippen LogP contribution in [-0.2, 0) is 22.6 Å². The summed E-state index contributed by atoms with van der Waals surface area (Å²) < 4.78 is 11.4. The summed E-state index contributed by atoms with van der Waals surface area (Å²) in [4.78, 5) is 4.37. The van der Waals surface area contributed by atoms with Gasteiger partial charge in [0.15, 0.2) is 5.96 Å². The van der Waals surface area contributed by atoms with Gasteiger partial charge in [-0.05, 0) is 37.3 Å². The summed E-state index contributed by atoms with van der Waals surface area (Å²) in [5.41, 5.74) is 2.46. The molecule has 2 N–H and O–H groups in total. The molecular formula is C23H39N3O2. The molecule has 0 saturated carbocycles. The van der Waals surface area contributed by atoms with Gasteiger partial charge in [0, 0.05) is 32.8 Å². The van der Waals surface area contributed by atoms with E-state index in [0.717, 1.165) is 38.6 Å². The molecule has 1 heterocycles. The van der Waals surface area contributed by atoms with E-state index in [0.29, 0.717) is 18.8 Å². The Labute approximate surface area is 171 Å². The second-order valence-corrected chi connectivity index (χ2v) is 7.76. The van der Waals surface area contributed by atoms with Crippen molar-refractivity contribution < 1.29 is 9.47 Å². The first-order valence-electron chi connectivity index (χ1n) is 11.0. The maximum atomic E-state index is 6.04. The Bertz CT molecular complexity index is 571. The Morgan fingerprint density at radius 3 is 2.75 bits per heavy atom. The monoisotopic (exact) mass is 389 g/mol. The van der Waals surface area contributed by atoms with E-state index in [-0.39, 0.29) is 0 Å². The van der Waals surface area contributed by atoms with Gasteiger partial charge in [0.05, 0.1) is 12.7 Å². The van der Waals surface area contributed by atoms with E-state index in [9.17, 15) is 0 Å². The molecule has 0 radical (unpaired) electrons. The second kappa shape index (κ2) is 13.6. The lowest BCUT2D eigenvalue weighted by Crippen LogP contribution is -2.41. The van der Waals surface area contributed by atoms with E-state index >= 15 is 0 Å². The normalized spacial score (nSPS) is 16.8. The predicted molar refractivity (Wildman–Crippen MR) is 117 cm³/mol. The third kappa shape index (κ3) is 9.07. The standard InChI is InChI=1S/C23H39N3O2/c1-4-5-6-7-9-19(2)26-23(24-3)25-17-20-10-8-11-21(16-20)18-28-22-12-14-27-15-13-22/h8,10-11,16,19,22H,4-7,9,12-15,17-18H2,1-3H3,(H2,24,25,26). The van der Waals surface area contributed by atoms with Crippen LogP contribution in [0.4, 0.5) is 0 Å². The number of ether oxygens (including phenoxy) is 2. The SMILES string of the molecule is CCCCCCC(C)NC(=NC)NCc1cccc(COC2CCOCC2)c1. The van der Waals surface area contributed by atoms with Gasteiger partial charge in [-0.25, -0.2) is 0 Å². The topological polar surface area (TPSA) is 54.9 Å². The van der Waals surface area contributed by atoms with Gasteiger partial charge in [-0.15, -0.1) is 0 Å². The van der Waals surface area contributed by atoms with Crippen molar-refractivity contribution in [3.05, 3.63) is 35.4 Å². The number of hydrogen-bond donors (Lipinski definition) is 2. The van der Waals surface area contributed by atoms with Crippen molar-refractivity contribution in [3.8, 4) is 0 Å². The molecule has 28 heavy (non-hydrogen) atoms. The van der Waals surface area contributed by atoms with Gasteiger partial charge in [0.25, 0.3) is 0 Å². The lowest BCUT2D eigenvalue weighted by molar-refractivity contribution is -0.0390. The second-order valence-electron chi connectivity index (χ2n) is 7.76. The molecule has 1 aromatic rings. The molecule has 5 nitrogen and oxygen atoms in total. The van der Waals surface area contributed by atoms with Crippen LogP contribution in [0.2, 0.25) is 0 Å². The Kier molecular flexibility index (Phi) is 11.0. The molecule has 0 aromatic heterocycles. The number of guanidine groups is 1. The van der Waals surface area contributed by atoms with E-state index in [2.05, 4.69) is 53.7 Å². The third-order valence-corrected chi connectivity index (χ3v) is 5.20. The number of nitrogens with zero attached hydrogens (tertiary/aromatic N) is 1. The third-order valence-electron chi connectivity index (χ3n) is 5.20. The first-order chi connectivity index (χ1) is 13.7. The minimum absolute atomic E-state index is 0.331. The van der Waals surface area contributed by atoms with Crippen molar-refractivity contribution in [1.82, 2.24) is 10.6 Å². The quantitative estimate of drug-likeness (QED) is 0.334. The minimum Gasteiger partial charge on any atom is -0.381 e. The zero-order valence-electron chi connectivity index (χ0n) is 18.0. The molecular weight excluding hydrogens is 350 g/mol. The number of rotatable bonds is 11. The van der Waals surface area contributed by atoms with Crippen LogP contribution >= 0.6 is 0 Å². The zero-order valence-corrected chi connectivity index (χ0v) is 18.0. The number of aliphatic imine (C=N–C) groups is 1. The van der Waals surface area contributed by atoms with Crippen LogP contribution in [0, 0.1) is 0 Å². The minimum atomic E-state index is 0.331. The highest BCUT2D eigenvalue weighted by molar-refractivity contribution is 5.79. The molecule has 2 rings (SSSR count). The van der Waals surface area contributed by atoms with E-state index in [1.165, 1.54) is 43.2 Å². The summed E-state index contributed by atoms with van der Waals surface area (Å²) in [5, 5.41) is 6.93.